The number of hydrogen-bond donors (Lipinski definition) is 1. The lowest BCUT2D eigenvalue weighted by Crippen LogP contribution is -2.27. The molecule has 0 spiro atoms. The van der Waals surface area contributed by atoms with Gasteiger partial charge in [-0.2, -0.15) is 5.10 Å². The van der Waals surface area contributed by atoms with E-state index in [0.717, 1.165) is 12.2 Å². The maximum atomic E-state index is 12.1. The van der Waals surface area contributed by atoms with Crippen molar-refractivity contribution in [2.75, 3.05) is 11.9 Å². The standard InChI is InChI=1S/C14H24BrN3O/c1-9(2)8-18-14(19)13(15)12(7-17-18)16-6-11(5)10(3)4/h7,9-11,16H,6,8H2,1-5H3. The molecule has 1 aromatic rings. The average Bonchev–Trinajstić information content (AvgIpc) is 2.33. The smallest absolute Gasteiger partial charge is 0.283 e. The molecular formula is C14H24BrN3O. The fourth-order valence-electron chi connectivity index (χ4n) is 1.57. The average molecular weight is 330 g/mol. The summed E-state index contributed by atoms with van der Waals surface area (Å²) in [6, 6.07) is 0. The second kappa shape index (κ2) is 7.08. The van der Waals surface area contributed by atoms with Gasteiger partial charge < -0.3 is 5.32 Å². The van der Waals surface area contributed by atoms with E-state index < -0.39 is 0 Å². The van der Waals surface area contributed by atoms with Crippen molar-refractivity contribution in [3.8, 4) is 0 Å². The van der Waals surface area contributed by atoms with E-state index in [2.05, 4.69) is 61.0 Å². The molecule has 0 saturated heterocycles. The molecule has 19 heavy (non-hydrogen) atoms. The molecular weight excluding hydrogens is 306 g/mol. The van der Waals surface area contributed by atoms with Gasteiger partial charge in [0.25, 0.3) is 5.56 Å². The van der Waals surface area contributed by atoms with E-state index in [1.54, 1.807) is 6.20 Å². The highest BCUT2D eigenvalue weighted by molar-refractivity contribution is 9.10. The van der Waals surface area contributed by atoms with E-state index in [9.17, 15) is 4.79 Å². The molecule has 1 unspecified atom stereocenters. The van der Waals surface area contributed by atoms with Gasteiger partial charge in [0.1, 0.15) is 4.47 Å². The molecule has 1 N–H and O–H groups in total. The molecule has 1 atom stereocenters. The molecule has 1 heterocycles. The third-order valence-electron chi connectivity index (χ3n) is 3.28. The largest absolute Gasteiger partial charge is 0.382 e. The van der Waals surface area contributed by atoms with Crippen molar-refractivity contribution in [1.29, 1.82) is 0 Å². The van der Waals surface area contributed by atoms with Crippen LogP contribution in [0.3, 0.4) is 0 Å². The number of anilines is 1. The summed E-state index contributed by atoms with van der Waals surface area (Å²) in [5.41, 5.74) is 0.702. The van der Waals surface area contributed by atoms with Crippen LogP contribution in [0.5, 0.6) is 0 Å². The van der Waals surface area contributed by atoms with Gasteiger partial charge in [0, 0.05) is 13.1 Å². The first-order valence-electron chi connectivity index (χ1n) is 6.82. The molecule has 0 aliphatic carbocycles. The molecule has 0 saturated carbocycles. The number of aromatic nitrogens is 2. The molecule has 0 fully saturated rings. The second-order valence-electron chi connectivity index (χ2n) is 5.86. The summed E-state index contributed by atoms with van der Waals surface area (Å²) in [5.74, 6) is 1.56. The SMILES string of the molecule is CC(C)Cn1ncc(NCC(C)C(C)C)c(Br)c1=O. The highest BCUT2D eigenvalue weighted by Crippen LogP contribution is 2.18. The highest BCUT2D eigenvalue weighted by Gasteiger charge is 2.12. The van der Waals surface area contributed by atoms with Crippen LogP contribution in [0.1, 0.15) is 34.6 Å². The number of nitrogens with one attached hydrogen (secondary N) is 1. The van der Waals surface area contributed by atoms with Crippen molar-refractivity contribution >= 4 is 21.6 Å². The molecule has 0 aromatic carbocycles. The van der Waals surface area contributed by atoms with E-state index in [4.69, 9.17) is 0 Å². The Labute approximate surface area is 123 Å². The third-order valence-corrected chi connectivity index (χ3v) is 4.04. The van der Waals surface area contributed by atoms with Gasteiger partial charge in [0.05, 0.1) is 11.9 Å². The van der Waals surface area contributed by atoms with Crippen LogP contribution in [0.25, 0.3) is 0 Å². The predicted octanol–water partition coefficient (Wildman–Crippen LogP) is 3.37. The van der Waals surface area contributed by atoms with E-state index in [-0.39, 0.29) is 5.56 Å². The maximum Gasteiger partial charge on any atom is 0.283 e. The maximum absolute atomic E-state index is 12.1. The van der Waals surface area contributed by atoms with E-state index in [1.807, 2.05) is 0 Å². The van der Waals surface area contributed by atoms with Gasteiger partial charge in [-0.05, 0) is 33.7 Å². The van der Waals surface area contributed by atoms with Gasteiger partial charge in [-0.15, -0.1) is 0 Å². The third kappa shape index (κ3) is 4.64. The molecule has 0 radical (unpaired) electrons. The van der Waals surface area contributed by atoms with Crippen molar-refractivity contribution in [3.05, 3.63) is 21.0 Å². The summed E-state index contributed by atoms with van der Waals surface area (Å²) in [6.07, 6.45) is 1.72. The summed E-state index contributed by atoms with van der Waals surface area (Å²) in [6.45, 7) is 12.2. The zero-order valence-corrected chi connectivity index (χ0v) is 14.0. The summed E-state index contributed by atoms with van der Waals surface area (Å²) in [4.78, 5) is 12.1. The molecule has 5 heteroatoms. The first kappa shape index (κ1) is 16.2. The normalized spacial score (nSPS) is 13.1. The lowest BCUT2D eigenvalue weighted by molar-refractivity contribution is 0.438. The summed E-state index contributed by atoms with van der Waals surface area (Å²) in [5, 5.41) is 7.51. The first-order chi connectivity index (χ1) is 8.82. The Morgan fingerprint density at radius 3 is 2.47 bits per heavy atom. The van der Waals surface area contributed by atoms with Gasteiger partial charge in [0.15, 0.2) is 0 Å². The molecule has 1 aromatic heterocycles. The monoisotopic (exact) mass is 329 g/mol. The quantitative estimate of drug-likeness (QED) is 0.870. The van der Waals surface area contributed by atoms with Gasteiger partial charge in [-0.1, -0.05) is 34.6 Å². The Morgan fingerprint density at radius 2 is 1.95 bits per heavy atom. The van der Waals surface area contributed by atoms with Crippen LogP contribution in [-0.2, 0) is 6.54 Å². The Kier molecular flexibility index (Phi) is 6.04. The van der Waals surface area contributed by atoms with Gasteiger partial charge in [-0.3, -0.25) is 4.79 Å². The topological polar surface area (TPSA) is 46.9 Å². The van der Waals surface area contributed by atoms with Crippen LogP contribution < -0.4 is 10.9 Å². The zero-order chi connectivity index (χ0) is 14.6. The van der Waals surface area contributed by atoms with Crippen molar-refractivity contribution in [3.63, 3.8) is 0 Å². The lowest BCUT2D eigenvalue weighted by Gasteiger charge is -2.17. The Bertz CT molecular complexity index is 468. The van der Waals surface area contributed by atoms with E-state index >= 15 is 0 Å². The molecule has 108 valence electrons. The van der Waals surface area contributed by atoms with Crippen LogP contribution in [0.4, 0.5) is 5.69 Å². The summed E-state index contributed by atoms with van der Waals surface area (Å²) in [7, 11) is 0. The molecule has 4 nitrogen and oxygen atoms in total. The predicted molar refractivity (Wildman–Crippen MR) is 83.5 cm³/mol. The number of hydrogen-bond acceptors (Lipinski definition) is 3. The van der Waals surface area contributed by atoms with Gasteiger partial charge in [-0.25, -0.2) is 4.68 Å². The van der Waals surface area contributed by atoms with Crippen LogP contribution in [-0.4, -0.2) is 16.3 Å². The second-order valence-corrected chi connectivity index (χ2v) is 6.65. The van der Waals surface area contributed by atoms with Gasteiger partial charge in [0.2, 0.25) is 0 Å². The fourth-order valence-corrected chi connectivity index (χ4v) is 2.02. The Morgan fingerprint density at radius 1 is 1.32 bits per heavy atom. The zero-order valence-electron chi connectivity index (χ0n) is 12.4. The van der Waals surface area contributed by atoms with Crippen LogP contribution >= 0.6 is 15.9 Å². The van der Waals surface area contributed by atoms with Crippen LogP contribution in [0, 0.1) is 17.8 Å². The van der Waals surface area contributed by atoms with Crippen LogP contribution in [0.15, 0.2) is 15.5 Å². The summed E-state index contributed by atoms with van der Waals surface area (Å²) >= 11 is 3.37. The van der Waals surface area contributed by atoms with Crippen molar-refractivity contribution in [2.45, 2.75) is 41.2 Å². The first-order valence-corrected chi connectivity index (χ1v) is 7.61. The number of halogens is 1. The minimum atomic E-state index is -0.0732. The number of rotatable bonds is 6. The Hall–Kier alpha value is -0.840. The minimum Gasteiger partial charge on any atom is -0.382 e. The van der Waals surface area contributed by atoms with Gasteiger partial charge >= 0.3 is 0 Å². The van der Waals surface area contributed by atoms with Crippen molar-refractivity contribution in [2.24, 2.45) is 17.8 Å². The molecule has 0 amide bonds. The van der Waals surface area contributed by atoms with Crippen molar-refractivity contribution in [1.82, 2.24) is 9.78 Å². The minimum absolute atomic E-state index is 0.0732. The molecule has 0 bridgehead atoms. The lowest BCUT2D eigenvalue weighted by atomic mass is 9.98. The molecule has 1 rings (SSSR count). The van der Waals surface area contributed by atoms with E-state index in [1.165, 1.54) is 4.68 Å². The molecule has 0 aliphatic rings. The Balaban J connectivity index is 2.82. The van der Waals surface area contributed by atoms with Crippen LogP contribution in [0.2, 0.25) is 0 Å². The fraction of sp³-hybridized carbons (Fsp3) is 0.714. The summed E-state index contributed by atoms with van der Waals surface area (Å²) < 4.78 is 2.07. The number of nitrogens with zero attached hydrogens (tertiary/aromatic N) is 2. The van der Waals surface area contributed by atoms with Crippen molar-refractivity contribution < 1.29 is 0 Å². The molecule has 0 aliphatic heterocycles. The van der Waals surface area contributed by atoms with E-state index in [0.29, 0.717) is 28.8 Å². The highest BCUT2D eigenvalue weighted by atomic mass is 79.9.